The van der Waals surface area contributed by atoms with Crippen LogP contribution < -0.4 is 0 Å². The SMILES string of the molecule is N#Cc1ccc2nc3c(nc2c1)-c1cccc2c(-n4cc(CN5CCOCC5)nn4)ccc-3c12. The van der Waals surface area contributed by atoms with Crippen LogP contribution in [0, 0.1) is 11.3 Å². The first-order chi connectivity index (χ1) is 16.8. The lowest BCUT2D eigenvalue weighted by atomic mass is 10.0. The third-order valence-corrected chi connectivity index (χ3v) is 6.60. The highest BCUT2D eigenvalue weighted by Gasteiger charge is 2.26. The van der Waals surface area contributed by atoms with Crippen molar-refractivity contribution in [3.63, 3.8) is 0 Å². The molecule has 34 heavy (non-hydrogen) atoms. The normalized spacial score (nSPS) is 15.0. The fourth-order valence-electron chi connectivity index (χ4n) is 4.96. The predicted octanol–water partition coefficient (Wildman–Crippen LogP) is 3.71. The highest BCUT2D eigenvalue weighted by molar-refractivity contribution is 6.16. The first-order valence-electron chi connectivity index (χ1n) is 11.3. The van der Waals surface area contributed by atoms with Gasteiger partial charge in [-0.1, -0.05) is 23.4 Å². The second-order valence-electron chi connectivity index (χ2n) is 8.64. The summed E-state index contributed by atoms with van der Waals surface area (Å²) in [6, 6.07) is 18.0. The van der Waals surface area contributed by atoms with Crippen LogP contribution in [0.15, 0.2) is 54.7 Å². The predicted molar refractivity (Wildman–Crippen MR) is 127 cm³/mol. The molecule has 1 aliphatic heterocycles. The van der Waals surface area contributed by atoms with Gasteiger partial charge in [-0.2, -0.15) is 5.26 Å². The molecule has 1 saturated heterocycles. The zero-order chi connectivity index (χ0) is 22.6. The van der Waals surface area contributed by atoms with E-state index in [1.807, 2.05) is 23.0 Å². The van der Waals surface area contributed by atoms with Gasteiger partial charge >= 0.3 is 0 Å². The zero-order valence-corrected chi connectivity index (χ0v) is 18.3. The molecule has 164 valence electrons. The van der Waals surface area contributed by atoms with E-state index in [9.17, 15) is 5.26 Å². The summed E-state index contributed by atoms with van der Waals surface area (Å²) in [7, 11) is 0. The topological polar surface area (TPSA) is 92.8 Å². The third-order valence-electron chi connectivity index (χ3n) is 6.60. The smallest absolute Gasteiger partial charge is 0.0992 e. The highest BCUT2D eigenvalue weighted by Crippen LogP contribution is 2.47. The van der Waals surface area contributed by atoms with Crippen molar-refractivity contribution in [1.82, 2.24) is 29.9 Å². The molecule has 0 bridgehead atoms. The van der Waals surface area contributed by atoms with E-state index in [4.69, 9.17) is 14.7 Å². The van der Waals surface area contributed by atoms with Crippen LogP contribution in [0.4, 0.5) is 0 Å². The molecule has 0 spiro atoms. The van der Waals surface area contributed by atoms with Gasteiger partial charge in [0.2, 0.25) is 0 Å². The number of rotatable bonds is 3. The van der Waals surface area contributed by atoms with Crippen molar-refractivity contribution in [3.8, 4) is 34.3 Å². The van der Waals surface area contributed by atoms with E-state index < -0.39 is 0 Å². The number of aromatic nitrogens is 5. The molecule has 5 aromatic rings. The molecule has 8 nitrogen and oxygen atoms in total. The van der Waals surface area contributed by atoms with Gasteiger partial charge in [0, 0.05) is 41.5 Å². The van der Waals surface area contributed by atoms with Crippen LogP contribution >= 0.6 is 0 Å². The van der Waals surface area contributed by atoms with Gasteiger partial charge in [0.25, 0.3) is 0 Å². The lowest BCUT2D eigenvalue weighted by molar-refractivity contribution is 0.0336. The van der Waals surface area contributed by atoms with Crippen molar-refractivity contribution in [3.05, 3.63) is 66.0 Å². The summed E-state index contributed by atoms with van der Waals surface area (Å²) in [6.07, 6.45) is 2.01. The number of ether oxygens (including phenoxy) is 1. The second kappa shape index (κ2) is 7.42. The van der Waals surface area contributed by atoms with Crippen LogP contribution in [0.25, 0.3) is 50.0 Å². The number of benzene rings is 3. The van der Waals surface area contributed by atoms with Crippen molar-refractivity contribution in [2.75, 3.05) is 26.3 Å². The van der Waals surface area contributed by atoms with Gasteiger partial charge in [0.1, 0.15) is 0 Å². The summed E-state index contributed by atoms with van der Waals surface area (Å²) in [5, 5.41) is 20.3. The monoisotopic (exact) mass is 445 g/mol. The molecule has 0 atom stereocenters. The average molecular weight is 445 g/mol. The maximum Gasteiger partial charge on any atom is 0.0992 e. The Kier molecular flexibility index (Phi) is 4.21. The molecule has 1 fully saturated rings. The molecule has 0 N–H and O–H groups in total. The number of hydrogen-bond acceptors (Lipinski definition) is 7. The Morgan fingerprint density at radius 3 is 2.62 bits per heavy atom. The van der Waals surface area contributed by atoms with Gasteiger partial charge in [-0.15, -0.1) is 5.10 Å². The largest absolute Gasteiger partial charge is 0.379 e. The molecular weight excluding hydrogens is 426 g/mol. The van der Waals surface area contributed by atoms with Gasteiger partial charge in [-0.05, 0) is 30.3 Å². The maximum absolute atomic E-state index is 9.27. The average Bonchev–Trinajstić information content (AvgIpc) is 3.47. The van der Waals surface area contributed by atoms with Crippen molar-refractivity contribution < 1.29 is 4.74 Å². The third kappa shape index (κ3) is 2.91. The van der Waals surface area contributed by atoms with Crippen molar-refractivity contribution in [2.45, 2.75) is 6.54 Å². The Hall–Kier alpha value is -4.19. The number of morpholine rings is 1. The lowest BCUT2D eigenvalue weighted by Crippen LogP contribution is -2.35. The summed E-state index contributed by atoms with van der Waals surface area (Å²) in [5.74, 6) is 0. The molecule has 0 radical (unpaired) electrons. The van der Waals surface area contributed by atoms with Gasteiger partial charge in [-0.25, -0.2) is 14.6 Å². The van der Waals surface area contributed by atoms with E-state index in [1.165, 1.54) is 0 Å². The molecule has 0 saturated carbocycles. The first-order valence-corrected chi connectivity index (χ1v) is 11.3. The van der Waals surface area contributed by atoms with Crippen molar-refractivity contribution in [2.24, 2.45) is 0 Å². The number of hydrogen-bond donors (Lipinski definition) is 0. The fourth-order valence-corrected chi connectivity index (χ4v) is 4.96. The molecular formula is C26H19N7O. The lowest BCUT2D eigenvalue weighted by Gasteiger charge is -2.25. The molecule has 8 heteroatoms. The molecule has 2 aromatic heterocycles. The van der Waals surface area contributed by atoms with Crippen LogP contribution in [0.5, 0.6) is 0 Å². The molecule has 3 aromatic carbocycles. The summed E-state index contributed by atoms with van der Waals surface area (Å²) in [4.78, 5) is 12.2. The minimum Gasteiger partial charge on any atom is -0.379 e. The van der Waals surface area contributed by atoms with Crippen LogP contribution in [0.3, 0.4) is 0 Å². The summed E-state index contributed by atoms with van der Waals surface area (Å²) < 4.78 is 7.30. The first kappa shape index (κ1) is 19.3. The van der Waals surface area contributed by atoms with E-state index in [0.29, 0.717) is 5.56 Å². The van der Waals surface area contributed by atoms with Crippen LogP contribution in [-0.2, 0) is 11.3 Å². The molecule has 2 aliphatic rings. The van der Waals surface area contributed by atoms with Crippen LogP contribution in [0.1, 0.15) is 11.3 Å². The van der Waals surface area contributed by atoms with E-state index in [0.717, 1.165) is 88.5 Å². The van der Waals surface area contributed by atoms with Gasteiger partial charge in [-0.3, -0.25) is 4.90 Å². The maximum atomic E-state index is 9.27. The quantitative estimate of drug-likeness (QED) is 0.410. The number of nitriles is 1. The molecule has 3 heterocycles. The Morgan fingerprint density at radius 1 is 0.941 bits per heavy atom. The van der Waals surface area contributed by atoms with Crippen LogP contribution in [0.2, 0.25) is 0 Å². The van der Waals surface area contributed by atoms with E-state index >= 15 is 0 Å². The van der Waals surface area contributed by atoms with Crippen LogP contribution in [-0.4, -0.2) is 56.2 Å². The summed E-state index contributed by atoms with van der Waals surface area (Å²) >= 11 is 0. The van der Waals surface area contributed by atoms with E-state index in [2.05, 4.69) is 45.5 Å². The number of fused-ring (bicyclic) bond motifs is 4. The van der Waals surface area contributed by atoms with Crippen molar-refractivity contribution >= 4 is 21.8 Å². The fraction of sp³-hybridized carbons (Fsp3) is 0.192. The number of nitrogens with zero attached hydrogens (tertiary/aromatic N) is 7. The van der Waals surface area contributed by atoms with Gasteiger partial charge < -0.3 is 4.74 Å². The summed E-state index contributed by atoms with van der Waals surface area (Å²) in [5.41, 5.74) is 7.86. The Labute approximate surface area is 195 Å². The van der Waals surface area contributed by atoms with Gasteiger partial charge in [0.15, 0.2) is 0 Å². The molecule has 7 rings (SSSR count). The molecule has 1 aliphatic carbocycles. The highest BCUT2D eigenvalue weighted by atomic mass is 16.5. The Morgan fingerprint density at radius 2 is 1.76 bits per heavy atom. The van der Waals surface area contributed by atoms with Gasteiger partial charge in [0.05, 0.1) is 64.8 Å². The minimum absolute atomic E-state index is 0.580. The minimum atomic E-state index is 0.580. The Bertz CT molecular complexity index is 1640. The van der Waals surface area contributed by atoms with E-state index in [1.54, 1.807) is 12.1 Å². The summed E-state index contributed by atoms with van der Waals surface area (Å²) in [6.45, 7) is 4.12. The Balaban J connectivity index is 1.34. The molecule has 0 unspecified atom stereocenters. The second-order valence-corrected chi connectivity index (χ2v) is 8.64. The van der Waals surface area contributed by atoms with Crippen molar-refractivity contribution in [1.29, 1.82) is 5.26 Å². The standard InChI is InChI=1S/C26H19N7O/c27-13-16-4-6-21-22(12-16)29-25-19-3-1-2-18-23(7-5-20(24(18)19)26(25)28-21)33-15-17(30-31-33)14-32-8-10-34-11-9-32/h1-7,12,15H,8-11,14H2. The molecule has 0 amide bonds. The zero-order valence-electron chi connectivity index (χ0n) is 18.3. The van der Waals surface area contributed by atoms with E-state index in [-0.39, 0.29) is 0 Å².